The van der Waals surface area contributed by atoms with Crippen LogP contribution in [-0.2, 0) is 6.42 Å². The van der Waals surface area contributed by atoms with E-state index in [-0.39, 0.29) is 5.78 Å². The van der Waals surface area contributed by atoms with Crippen molar-refractivity contribution in [3.63, 3.8) is 0 Å². The van der Waals surface area contributed by atoms with E-state index in [2.05, 4.69) is 54.6 Å². The molecule has 28 heavy (non-hydrogen) atoms. The summed E-state index contributed by atoms with van der Waals surface area (Å²) in [5.74, 6) is 0.0700. The molecule has 4 rings (SSSR count). The monoisotopic (exact) mass is 362 g/mol. The van der Waals surface area contributed by atoms with Crippen LogP contribution in [0.5, 0.6) is 0 Å². The maximum absolute atomic E-state index is 12.9. The number of ketones is 1. The molecule has 0 aliphatic heterocycles. The number of rotatable bonds is 5. The Bertz CT molecular complexity index is 1090. The van der Waals surface area contributed by atoms with Crippen LogP contribution in [0.2, 0.25) is 0 Å². The van der Waals surface area contributed by atoms with Crippen LogP contribution in [-0.4, -0.2) is 5.78 Å². The van der Waals surface area contributed by atoms with Crippen LogP contribution in [0.3, 0.4) is 0 Å². The van der Waals surface area contributed by atoms with Crippen molar-refractivity contribution in [3.05, 3.63) is 131 Å². The van der Waals surface area contributed by atoms with Gasteiger partial charge < -0.3 is 0 Å². The molecule has 0 atom stereocenters. The van der Waals surface area contributed by atoms with Crippen molar-refractivity contribution in [1.82, 2.24) is 0 Å². The van der Waals surface area contributed by atoms with Gasteiger partial charge in [0.15, 0.2) is 5.78 Å². The smallest absolute Gasteiger partial charge is 0.193 e. The Hall–Kier alpha value is -3.45. The predicted molar refractivity (Wildman–Crippen MR) is 116 cm³/mol. The molecule has 0 saturated heterocycles. The maximum Gasteiger partial charge on any atom is 0.193 e. The van der Waals surface area contributed by atoms with Gasteiger partial charge in [0.25, 0.3) is 0 Å². The number of carbonyl (C=O) groups excluding carboxylic acids is 1. The summed E-state index contributed by atoms with van der Waals surface area (Å²) in [6.45, 7) is 1.97. The molecule has 4 aromatic carbocycles. The van der Waals surface area contributed by atoms with Gasteiger partial charge in [0, 0.05) is 11.1 Å². The van der Waals surface area contributed by atoms with E-state index >= 15 is 0 Å². The standard InChI is InChI=1S/C27H22O/c1-20-8-5-6-13-26(20)27(28)25-12-7-11-24(19-25)23-16-14-22(15-17-23)18-21-9-3-2-4-10-21/h2-17,19H,18H2,1H3. The third kappa shape index (κ3) is 3.94. The SMILES string of the molecule is Cc1ccccc1C(=O)c1cccc(-c2ccc(Cc3ccccc3)cc2)c1. The Morgan fingerprint density at radius 2 is 1.32 bits per heavy atom. The molecule has 0 aliphatic rings. The van der Waals surface area contributed by atoms with Gasteiger partial charge in [-0.25, -0.2) is 0 Å². The molecule has 0 aliphatic carbocycles. The van der Waals surface area contributed by atoms with E-state index in [0.717, 1.165) is 34.2 Å². The number of hydrogen-bond donors (Lipinski definition) is 0. The van der Waals surface area contributed by atoms with E-state index in [0.29, 0.717) is 0 Å². The van der Waals surface area contributed by atoms with Crippen molar-refractivity contribution in [2.75, 3.05) is 0 Å². The van der Waals surface area contributed by atoms with Gasteiger partial charge in [-0.2, -0.15) is 0 Å². The average Bonchev–Trinajstić information content (AvgIpc) is 2.75. The summed E-state index contributed by atoms with van der Waals surface area (Å²) < 4.78 is 0. The lowest BCUT2D eigenvalue weighted by atomic mass is 9.95. The summed E-state index contributed by atoms with van der Waals surface area (Å²) in [7, 11) is 0. The van der Waals surface area contributed by atoms with Crippen LogP contribution in [0.25, 0.3) is 11.1 Å². The molecule has 4 aromatic rings. The lowest BCUT2D eigenvalue weighted by Gasteiger charge is -2.08. The van der Waals surface area contributed by atoms with E-state index in [1.165, 1.54) is 11.1 Å². The average molecular weight is 362 g/mol. The zero-order valence-electron chi connectivity index (χ0n) is 15.9. The molecular formula is C27H22O. The first-order valence-electron chi connectivity index (χ1n) is 9.54. The summed E-state index contributed by atoms with van der Waals surface area (Å²) in [6, 6.07) is 34.7. The second-order valence-corrected chi connectivity index (χ2v) is 7.08. The van der Waals surface area contributed by atoms with Crippen LogP contribution in [0.4, 0.5) is 0 Å². The van der Waals surface area contributed by atoms with Crippen molar-refractivity contribution in [2.45, 2.75) is 13.3 Å². The van der Waals surface area contributed by atoms with E-state index in [9.17, 15) is 4.79 Å². The van der Waals surface area contributed by atoms with Crippen LogP contribution >= 0.6 is 0 Å². The first-order valence-corrected chi connectivity index (χ1v) is 9.54. The van der Waals surface area contributed by atoms with Crippen molar-refractivity contribution in [1.29, 1.82) is 0 Å². The quantitative estimate of drug-likeness (QED) is 0.371. The number of carbonyl (C=O) groups is 1. The number of hydrogen-bond acceptors (Lipinski definition) is 1. The highest BCUT2D eigenvalue weighted by Gasteiger charge is 2.12. The van der Waals surface area contributed by atoms with Gasteiger partial charge in [-0.3, -0.25) is 4.79 Å². The molecule has 1 nitrogen and oxygen atoms in total. The maximum atomic E-state index is 12.9. The Labute approximate surface area is 166 Å². The molecule has 0 N–H and O–H groups in total. The molecule has 0 unspecified atom stereocenters. The van der Waals surface area contributed by atoms with Crippen LogP contribution < -0.4 is 0 Å². The molecule has 1 heteroatoms. The highest BCUT2D eigenvalue weighted by atomic mass is 16.1. The summed E-state index contributed by atoms with van der Waals surface area (Å²) in [6.07, 6.45) is 0.924. The van der Waals surface area contributed by atoms with Gasteiger partial charge in [-0.05, 0) is 47.2 Å². The Morgan fingerprint density at radius 1 is 0.643 bits per heavy atom. The van der Waals surface area contributed by atoms with Crippen molar-refractivity contribution < 1.29 is 4.79 Å². The third-order valence-corrected chi connectivity index (χ3v) is 5.05. The highest BCUT2D eigenvalue weighted by Crippen LogP contribution is 2.23. The molecule has 0 bridgehead atoms. The number of aryl methyl sites for hydroxylation is 1. The second kappa shape index (κ2) is 8.06. The molecule has 0 spiro atoms. The van der Waals surface area contributed by atoms with Crippen LogP contribution in [0.15, 0.2) is 103 Å². The molecule has 0 radical (unpaired) electrons. The van der Waals surface area contributed by atoms with Gasteiger partial charge in [-0.1, -0.05) is 97.1 Å². The van der Waals surface area contributed by atoms with Crippen molar-refractivity contribution in [2.24, 2.45) is 0 Å². The normalized spacial score (nSPS) is 10.6. The summed E-state index contributed by atoms with van der Waals surface area (Å²) >= 11 is 0. The van der Waals surface area contributed by atoms with Crippen LogP contribution in [0.1, 0.15) is 32.6 Å². The number of benzene rings is 4. The van der Waals surface area contributed by atoms with E-state index in [4.69, 9.17) is 0 Å². The second-order valence-electron chi connectivity index (χ2n) is 7.08. The van der Waals surface area contributed by atoms with Gasteiger partial charge >= 0.3 is 0 Å². The van der Waals surface area contributed by atoms with E-state index in [1.54, 1.807) is 0 Å². The van der Waals surface area contributed by atoms with Gasteiger partial charge in [-0.15, -0.1) is 0 Å². The van der Waals surface area contributed by atoms with Crippen molar-refractivity contribution >= 4 is 5.78 Å². The van der Waals surface area contributed by atoms with E-state index in [1.807, 2.05) is 55.5 Å². The van der Waals surface area contributed by atoms with Crippen molar-refractivity contribution in [3.8, 4) is 11.1 Å². The molecule has 0 fully saturated rings. The predicted octanol–water partition coefficient (Wildman–Crippen LogP) is 6.48. The minimum absolute atomic E-state index is 0.0700. The first kappa shape index (κ1) is 17.9. The van der Waals surface area contributed by atoms with Crippen LogP contribution in [0, 0.1) is 6.92 Å². The minimum Gasteiger partial charge on any atom is -0.289 e. The molecular weight excluding hydrogens is 340 g/mol. The Balaban J connectivity index is 1.57. The molecule has 136 valence electrons. The van der Waals surface area contributed by atoms with E-state index < -0.39 is 0 Å². The highest BCUT2D eigenvalue weighted by molar-refractivity contribution is 6.10. The van der Waals surface area contributed by atoms with Gasteiger partial charge in [0.1, 0.15) is 0 Å². The fraction of sp³-hybridized carbons (Fsp3) is 0.0741. The van der Waals surface area contributed by atoms with Gasteiger partial charge in [0.2, 0.25) is 0 Å². The molecule has 0 amide bonds. The topological polar surface area (TPSA) is 17.1 Å². The summed E-state index contributed by atoms with van der Waals surface area (Å²) in [4.78, 5) is 12.9. The minimum atomic E-state index is 0.0700. The lowest BCUT2D eigenvalue weighted by Crippen LogP contribution is -2.03. The molecule has 0 saturated carbocycles. The zero-order chi connectivity index (χ0) is 19.3. The summed E-state index contributed by atoms with van der Waals surface area (Å²) in [5.41, 5.74) is 7.26. The first-order chi connectivity index (χ1) is 13.7. The van der Waals surface area contributed by atoms with Gasteiger partial charge in [0.05, 0.1) is 0 Å². The third-order valence-electron chi connectivity index (χ3n) is 5.05. The fourth-order valence-corrected chi connectivity index (χ4v) is 3.47. The largest absolute Gasteiger partial charge is 0.289 e. The Morgan fingerprint density at radius 3 is 2.07 bits per heavy atom. The fourth-order valence-electron chi connectivity index (χ4n) is 3.47. The zero-order valence-corrected chi connectivity index (χ0v) is 15.9. The molecule has 0 heterocycles. The Kier molecular flexibility index (Phi) is 5.16. The lowest BCUT2D eigenvalue weighted by molar-refractivity contribution is 0.103. The molecule has 0 aromatic heterocycles. The summed E-state index contributed by atoms with van der Waals surface area (Å²) in [5, 5.41) is 0.